The smallest absolute Gasteiger partial charge is 0.289 e. The first-order valence-electron chi connectivity index (χ1n) is 7.65. The van der Waals surface area contributed by atoms with Crippen LogP contribution in [-0.2, 0) is 4.74 Å². The second kappa shape index (κ2) is 7.50. The van der Waals surface area contributed by atoms with Gasteiger partial charge in [0.25, 0.3) is 11.9 Å². The van der Waals surface area contributed by atoms with Gasteiger partial charge in [-0.25, -0.2) is 0 Å². The molecule has 1 amide bonds. The van der Waals surface area contributed by atoms with E-state index in [2.05, 4.69) is 13.8 Å². The number of morpholine rings is 1. The number of ether oxygens (including phenoxy) is 2. The maximum absolute atomic E-state index is 12.4. The van der Waals surface area contributed by atoms with Gasteiger partial charge in [-0.3, -0.25) is 4.79 Å². The summed E-state index contributed by atoms with van der Waals surface area (Å²) in [5.74, 6) is 1.31. The van der Waals surface area contributed by atoms with Crippen LogP contribution in [0.3, 0.4) is 0 Å². The first-order valence-corrected chi connectivity index (χ1v) is 7.65. The number of carbonyl (C=O) groups is 1. The summed E-state index contributed by atoms with van der Waals surface area (Å²) in [6, 6.07) is 3.32. The molecule has 0 N–H and O–H groups in total. The number of furan rings is 1. The van der Waals surface area contributed by atoms with Crippen LogP contribution in [0.15, 0.2) is 16.5 Å². The Morgan fingerprint density at radius 1 is 1.48 bits per heavy atom. The van der Waals surface area contributed by atoms with Crippen LogP contribution < -0.4 is 4.74 Å². The molecule has 1 atom stereocenters. The molecule has 1 aliphatic heterocycles. The number of rotatable bonds is 6. The Hall–Kier alpha value is -1.49. The van der Waals surface area contributed by atoms with Crippen molar-refractivity contribution in [1.29, 1.82) is 0 Å². The third-order valence-electron chi connectivity index (χ3n) is 3.73. The fourth-order valence-electron chi connectivity index (χ4n) is 2.53. The van der Waals surface area contributed by atoms with Crippen molar-refractivity contribution >= 4 is 5.91 Å². The second-order valence-electron chi connectivity index (χ2n) is 5.89. The molecule has 1 aromatic rings. The molecule has 0 saturated carbocycles. The summed E-state index contributed by atoms with van der Waals surface area (Å²) in [5.41, 5.74) is 0. The van der Waals surface area contributed by atoms with Gasteiger partial charge >= 0.3 is 0 Å². The van der Waals surface area contributed by atoms with E-state index in [-0.39, 0.29) is 12.0 Å². The Bertz CT molecular complexity index is 455. The van der Waals surface area contributed by atoms with E-state index in [4.69, 9.17) is 13.9 Å². The average molecular weight is 295 g/mol. The average Bonchev–Trinajstić information content (AvgIpc) is 2.95. The third-order valence-corrected chi connectivity index (χ3v) is 3.73. The fourth-order valence-corrected chi connectivity index (χ4v) is 2.53. The van der Waals surface area contributed by atoms with Crippen LogP contribution in [0.4, 0.5) is 0 Å². The summed E-state index contributed by atoms with van der Waals surface area (Å²) < 4.78 is 16.1. The molecule has 0 bridgehead atoms. The van der Waals surface area contributed by atoms with Gasteiger partial charge in [0.1, 0.15) is 0 Å². The van der Waals surface area contributed by atoms with Crippen LogP contribution >= 0.6 is 0 Å². The maximum Gasteiger partial charge on any atom is 0.289 e. The molecule has 0 unspecified atom stereocenters. The minimum absolute atomic E-state index is 0.0875. The molecule has 0 spiro atoms. The van der Waals surface area contributed by atoms with E-state index in [0.29, 0.717) is 37.3 Å². The maximum atomic E-state index is 12.4. The zero-order chi connectivity index (χ0) is 15.2. The molecule has 5 nitrogen and oxygen atoms in total. The van der Waals surface area contributed by atoms with Crippen LogP contribution in [-0.4, -0.2) is 43.7 Å². The van der Waals surface area contributed by atoms with E-state index >= 15 is 0 Å². The minimum Gasteiger partial charge on any atom is -0.468 e. The lowest BCUT2D eigenvalue weighted by Crippen LogP contribution is -2.45. The van der Waals surface area contributed by atoms with Crippen LogP contribution in [0.5, 0.6) is 5.95 Å². The molecule has 1 aliphatic rings. The molecular formula is C16H25NO4. The molecule has 0 aromatic carbocycles. The van der Waals surface area contributed by atoms with Crippen LogP contribution in [0.2, 0.25) is 0 Å². The zero-order valence-electron chi connectivity index (χ0n) is 13.1. The number of carbonyl (C=O) groups excluding carboxylic acids is 1. The summed E-state index contributed by atoms with van der Waals surface area (Å²) in [6.07, 6.45) is 3.48. The summed E-state index contributed by atoms with van der Waals surface area (Å²) in [5, 5.41) is 0. The lowest BCUT2D eigenvalue weighted by atomic mass is 10.0. The highest BCUT2D eigenvalue weighted by molar-refractivity contribution is 5.91. The predicted octanol–water partition coefficient (Wildman–Crippen LogP) is 2.96. The number of nitrogens with zero attached hydrogens (tertiary/aromatic N) is 1. The zero-order valence-corrected chi connectivity index (χ0v) is 13.1. The van der Waals surface area contributed by atoms with Crippen molar-refractivity contribution in [2.75, 3.05) is 26.8 Å². The van der Waals surface area contributed by atoms with Gasteiger partial charge in [-0.15, -0.1) is 0 Å². The van der Waals surface area contributed by atoms with Gasteiger partial charge in [0.15, 0.2) is 5.76 Å². The minimum atomic E-state index is -0.0875. The lowest BCUT2D eigenvalue weighted by molar-refractivity contribution is -0.0269. The molecule has 5 heteroatoms. The first-order chi connectivity index (χ1) is 10.1. The normalized spacial score (nSPS) is 19.0. The number of hydrogen-bond donors (Lipinski definition) is 0. The van der Waals surface area contributed by atoms with E-state index in [0.717, 1.165) is 12.8 Å². The van der Waals surface area contributed by atoms with E-state index in [9.17, 15) is 4.79 Å². The molecule has 118 valence electrons. The number of amides is 1. The molecule has 1 aromatic heterocycles. The van der Waals surface area contributed by atoms with Crippen LogP contribution in [0.25, 0.3) is 0 Å². The molecule has 0 aliphatic carbocycles. The van der Waals surface area contributed by atoms with Gasteiger partial charge in [0.2, 0.25) is 0 Å². The predicted molar refractivity (Wildman–Crippen MR) is 79.6 cm³/mol. The van der Waals surface area contributed by atoms with Crippen molar-refractivity contribution in [3.63, 3.8) is 0 Å². The monoisotopic (exact) mass is 295 g/mol. The highest BCUT2D eigenvalue weighted by atomic mass is 16.6. The largest absolute Gasteiger partial charge is 0.468 e. The molecule has 2 heterocycles. The van der Waals surface area contributed by atoms with E-state index in [1.807, 2.05) is 4.90 Å². The van der Waals surface area contributed by atoms with Crippen molar-refractivity contribution in [2.45, 2.75) is 39.2 Å². The molecule has 21 heavy (non-hydrogen) atoms. The third kappa shape index (κ3) is 4.49. The topological polar surface area (TPSA) is 51.9 Å². The standard InChI is InChI=1S/C16H25NO4/c1-12(2)5-4-6-13-11-17(9-10-20-13)16(18)14-7-8-15(19-3)21-14/h7-8,12-13H,4-6,9-11H2,1-3H3/t13-/m1/s1. The Labute approximate surface area is 126 Å². The van der Waals surface area contributed by atoms with Crippen LogP contribution in [0, 0.1) is 5.92 Å². The van der Waals surface area contributed by atoms with Crippen LogP contribution in [0.1, 0.15) is 43.7 Å². The summed E-state index contributed by atoms with van der Waals surface area (Å²) in [6.45, 7) is 6.29. The quantitative estimate of drug-likeness (QED) is 0.809. The summed E-state index contributed by atoms with van der Waals surface area (Å²) in [7, 11) is 1.52. The molecule has 2 rings (SSSR count). The first kappa shape index (κ1) is 15.9. The molecular weight excluding hydrogens is 270 g/mol. The number of hydrogen-bond acceptors (Lipinski definition) is 4. The Morgan fingerprint density at radius 3 is 2.95 bits per heavy atom. The van der Waals surface area contributed by atoms with Crippen molar-refractivity contribution in [1.82, 2.24) is 4.90 Å². The molecule has 1 saturated heterocycles. The van der Waals surface area contributed by atoms with Gasteiger partial charge < -0.3 is 18.8 Å². The summed E-state index contributed by atoms with van der Waals surface area (Å²) in [4.78, 5) is 14.2. The van der Waals surface area contributed by atoms with Crippen molar-refractivity contribution in [3.8, 4) is 5.95 Å². The van der Waals surface area contributed by atoms with E-state index in [1.54, 1.807) is 12.1 Å². The fraction of sp³-hybridized carbons (Fsp3) is 0.688. The highest BCUT2D eigenvalue weighted by Crippen LogP contribution is 2.20. The molecule has 1 fully saturated rings. The van der Waals surface area contributed by atoms with E-state index < -0.39 is 0 Å². The highest BCUT2D eigenvalue weighted by Gasteiger charge is 2.26. The SMILES string of the molecule is COc1ccc(C(=O)N2CCO[C@H](CCCC(C)C)C2)o1. The van der Waals surface area contributed by atoms with Gasteiger partial charge in [-0.1, -0.05) is 26.7 Å². The Morgan fingerprint density at radius 2 is 2.29 bits per heavy atom. The van der Waals surface area contributed by atoms with E-state index in [1.165, 1.54) is 13.5 Å². The number of methoxy groups -OCH3 is 1. The van der Waals surface area contributed by atoms with Crippen molar-refractivity contribution in [3.05, 3.63) is 17.9 Å². The molecule has 0 radical (unpaired) electrons. The van der Waals surface area contributed by atoms with Crippen molar-refractivity contribution < 1.29 is 18.7 Å². The summed E-state index contributed by atoms with van der Waals surface area (Å²) >= 11 is 0. The Kier molecular flexibility index (Phi) is 5.67. The second-order valence-corrected chi connectivity index (χ2v) is 5.89. The van der Waals surface area contributed by atoms with Gasteiger partial charge in [0, 0.05) is 19.2 Å². The van der Waals surface area contributed by atoms with Gasteiger partial charge in [-0.05, 0) is 18.4 Å². The lowest BCUT2D eigenvalue weighted by Gasteiger charge is -2.32. The van der Waals surface area contributed by atoms with Gasteiger partial charge in [-0.2, -0.15) is 0 Å². The Balaban J connectivity index is 1.86. The van der Waals surface area contributed by atoms with Crippen molar-refractivity contribution in [2.24, 2.45) is 5.92 Å². The van der Waals surface area contributed by atoms with Gasteiger partial charge in [0.05, 0.1) is 19.8 Å².